The number of rotatable bonds is 3. The molecule has 0 bridgehead atoms. The minimum absolute atomic E-state index is 0.502. The summed E-state index contributed by atoms with van der Waals surface area (Å²) in [6.45, 7) is 5.83. The summed E-state index contributed by atoms with van der Waals surface area (Å²) < 4.78 is 5.69. The molecule has 3 nitrogen and oxygen atoms in total. The Morgan fingerprint density at radius 1 is 1.47 bits per heavy atom. The van der Waals surface area contributed by atoms with Gasteiger partial charge in [0.2, 0.25) is 0 Å². The maximum Gasteiger partial charge on any atom is 0.120 e. The van der Waals surface area contributed by atoms with Crippen LogP contribution >= 0.6 is 11.8 Å². The number of furan rings is 1. The molecule has 1 aliphatic heterocycles. The first kappa shape index (κ1) is 11.0. The third kappa shape index (κ3) is 2.77. The average Bonchev–Trinajstić information content (AvgIpc) is 2.60. The SMILES string of the molecule is Cc1cc(CN2CCSCC2)oc1CN. The molecule has 0 radical (unpaired) electrons. The normalized spacial score (nSPS) is 18.3. The Bertz CT molecular complexity index is 318. The van der Waals surface area contributed by atoms with E-state index in [1.165, 1.54) is 30.2 Å². The Kier molecular flexibility index (Phi) is 3.72. The first-order valence-electron chi connectivity index (χ1n) is 5.38. The van der Waals surface area contributed by atoms with E-state index in [1.54, 1.807) is 0 Å². The lowest BCUT2D eigenvalue weighted by molar-refractivity contribution is 0.264. The zero-order valence-electron chi connectivity index (χ0n) is 9.16. The van der Waals surface area contributed by atoms with Crippen LogP contribution in [0.1, 0.15) is 17.1 Å². The summed E-state index contributed by atoms with van der Waals surface area (Å²) >= 11 is 2.03. The van der Waals surface area contributed by atoms with Crippen LogP contribution in [0.4, 0.5) is 0 Å². The Morgan fingerprint density at radius 3 is 2.80 bits per heavy atom. The molecule has 0 amide bonds. The largest absolute Gasteiger partial charge is 0.463 e. The summed E-state index contributed by atoms with van der Waals surface area (Å²) in [4.78, 5) is 2.44. The standard InChI is InChI=1S/C11H18N2OS/c1-9-6-10(14-11(9)7-12)8-13-2-4-15-5-3-13/h6H,2-5,7-8,12H2,1H3. The fourth-order valence-electron chi connectivity index (χ4n) is 1.85. The predicted octanol–water partition coefficient (Wildman–Crippen LogP) is 1.60. The number of nitrogens with two attached hydrogens (primary N) is 1. The van der Waals surface area contributed by atoms with Gasteiger partial charge in [0.1, 0.15) is 11.5 Å². The van der Waals surface area contributed by atoms with Gasteiger partial charge in [-0.3, -0.25) is 4.90 Å². The van der Waals surface area contributed by atoms with E-state index < -0.39 is 0 Å². The van der Waals surface area contributed by atoms with Crippen molar-refractivity contribution in [1.82, 2.24) is 4.90 Å². The quantitative estimate of drug-likeness (QED) is 0.850. The summed E-state index contributed by atoms with van der Waals surface area (Å²) in [6, 6.07) is 2.12. The van der Waals surface area contributed by atoms with Crippen molar-refractivity contribution >= 4 is 11.8 Å². The first-order valence-corrected chi connectivity index (χ1v) is 6.53. The lowest BCUT2D eigenvalue weighted by Gasteiger charge is -2.24. The summed E-state index contributed by atoms with van der Waals surface area (Å²) in [6.07, 6.45) is 0. The number of nitrogens with zero attached hydrogens (tertiary/aromatic N) is 1. The highest BCUT2D eigenvalue weighted by molar-refractivity contribution is 7.99. The second kappa shape index (κ2) is 5.05. The monoisotopic (exact) mass is 226 g/mol. The minimum atomic E-state index is 0.502. The average molecular weight is 226 g/mol. The van der Waals surface area contributed by atoms with Crippen LogP contribution in [0.3, 0.4) is 0 Å². The predicted molar refractivity (Wildman–Crippen MR) is 63.9 cm³/mol. The lowest BCUT2D eigenvalue weighted by atomic mass is 10.2. The van der Waals surface area contributed by atoms with Crippen molar-refractivity contribution in [2.75, 3.05) is 24.6 Å². The Labute approximate surface area is 95.0 Å². The molecule has 0 aliphatic carbocycles. The zero-order chi connectivity index (χ0) is 10.7. The molecule has 1 fully saturated rings. The molecule has 0 spiro atoms. The van der Waals surface area contributed by atoms with Crippen molar-refractivity contribution in [2.45, 2.75) is 20.0 Å². The topological polar surface area (TPSA) is 42.4 Å². The van der Waals surface area contributed by atoms with Crippen molar-refractivity contribution < 1.29 is 4.42 Å². The van der Waals surface area contributed by atoms with Crippen molar-refractivity contribution in [2.24, 2.45) is 5.73 Å². The highest BCUT2D eigenvalue weighted by atomic mass is 32.2. The van der Waals surface area contributed by atoms with Crippen LogP contribution in [0.2, 0.25) is 0 Å². The van der Waals surface area contributed by atoms with Crippen molar-refractivity contribution in [3.8, 4) is 0 Å². The zero-order valence-corrected chi connectivity index (χ0v) is 9.98. The van der Waals surface area contributed by atoms with Crippen LogP contribution in [0.5, 0.6) is 0 Å². The molecule has 0 atom stereocenters. The van der Waals surface area contributed by atoms with Gasteiger partial charge in [0.25, 0.3) is 0 Å². The van der Waals surface area contributed by atoms with Gasteiger partial charge in [0, 0.05) is 24.6 Å². The van der Waals surface area contributed by atoms with Gasteiger partial charge in [0.15, 0.2) is 0 Å². The third-order valence-electron chi connectivity index (χ3n) is 2.74. The van der Waals surface area contributed by atoms with E-state index >= 15 is 0 Å². The molecule has 1 aromatic heterocycles. The molecule has 84 valence electrons. The number of hydrogen-bond acceptors (Lipinski definition) is 4. The molecule has 1 aromatic rings. The Morgan fingerprint density at radius 2 is 2.20 bits per heavy atom. The van der Waals surface area contributed by atoms with Crippen LogP contribution in [-0.2, 0) is 13.1 Å². The smallest absolute Gasteiger partial charge is 0.120 e. The van der Waals surface area contributed by atoms with Crippen LogP contribution in [0.25, 0.3) is 0 Å². The Balaban J connectivity index is 1.97. The maximum atomic E-state index is 5.69. The van der Waals surface area contributed by atoms with Crippen LogP contribution in [0.15, 0.2) is 10.5 Å². The van der Waals surface area contributed by atoms with Crippen LogP contribution in [-0.4, -0.2) is 29.5 Å². The van der Waals surface area contributed by atoms with Crippen LogP contribution < -0.4 is 5.73 Å². The van der Waals surface area contributed by atoms with E-state index in [0.717, 1.165) is 18.1 Å². The van der Waals surface area contributed by atoms with Crippen LogP contribution in [0, 0.1) is 6.92 Å². The van der Waals surface area contributed by atoms with E-state index in [0.29, 0.717) is 6.54 Å². The third-order valence-corrected chi connectivity index (χ3v) is 3.68. The maximum absolute atomic E-state index is 5.69. The van der Waals surface area contributed by atoms with Gasteiger partial charge in [-0.05, 0) is 18.6 Å². The summed E-state index contributed by atoms with van der Waals surface area (Å²) in [5, 5.41) is 0. The first-order chi connectivity index (χ1) is 7.29. The second-order valence-corrected chi connectivity index (χ2v) is 5.14. The van der Waals surface area contributed by atoms with E-state index in [1.807, 2.05) is 11.8 Å². The molecule has 0 unspecified atom stereocenters. The van der Waals surface area contributed by atoms with Gasteiger partial charge in [0.05, 0.1) is 13.1 Å². The summed E-state index contributed by atoms with van der Waals surface area (Å²) in [7, 11) is 0. The molecule has 15 heavy (non-hydrogen) atoms. The Hall–Kier alpha value is -0.450. The molecule has 1 saturated heterocycles. The fraction of sp³-hybridized carbons (Fsp3) is 0.636. The minimum Gasteiger partial charge on any atom is -0.463 e. The summed E-state index contributed by atoms with van der Waals surface area (Å²) in [5.41, 5.74) is 6.77. The number of aryl methyl sites for hydroxylation is 1. The molecule has 0 aromatic carbocycles. The molecule has 2 rings (SSSR count). The summed E-state index contributed by atoms with van der Waals surface area (Å²) in [5.74, 6) is 4.46. The van der Waals surface area contributed by atoms with Crippen molar-refractivity contribution in [3.63, 3.8) is 0 Å². The highest BCUT2D eigenvalue weighted by Gasteiger charge is 2.13. The molecular formula is C11H18N2OS. The van der Waals surface area contributed by atoms with E-state index in [2.05, 4.69) is 17.9 Å². The number of thioether (sulfide) groups is 1. The molecular weight excluding hydrogens is 208 g/mol. The molecule has 4 heteroatoms. The van der Waals surface area contributed by atoms with E-state index in [-0.39, 0.29) is 0 Å². The molecule has 2 N–H and O–H groups in total. The van der Waals surface area contributed by atoms with Gasteiger partial charge in [-0.1, -0.05) is 0 Å². The van der Waals surface area contributed by atoms with Gasteiger partial charge in [-0.2, -0.15) is 11.8 Å². The fourth-order valence-corrected chi connectivity index (χ4v) is 2.83. The lowest BCUT2D eigenvalue weighted by Crippen LogP contribution is -2.31. The van der Waals surface area contributed by atoms with Gasteiger partial charge in [-0.15, -0.1) is 0 Å². The molecule has 2 heterocycles. The van der Waals surface area contributed by atoms with E-state index in [9.17, 15) is 0 Å². The van der Waals surface area contributed by atoms with E-state index in [4.69, 9.17) is 10.2 Å². The van der Waals surface area contributed by atoms with Gasteiger partial charge in [-0.25, -0.2) is 0 Å². The van der Waals surface area contributed by atoms with Gasteiger partial charge >= 0.3 is 0 Å². The van der Waals surface area contributed by atoms with Gasteiger partial charge < -0.3 is 10.2 Å². The molecule has 0 saturated carbocycles. The molecule has 1 aliphatic rings. The second-order valence-electron chi connectivity index (χ2n) is 3.91. The van der Waals surface area contributed by atoms with Crippen molar-refractivity contribution in [1.29, 1.82) is 0 Å². The highest BCUT2D eigenvalue weighted by Crippen LogP contribution is 2.17. The number of hydrogen-bond donors (Lipinski definition) is 1. The van der Waals surface area contributed by atoms with Crippen molar-refractivity contribution in [3.05, 3.63) is 23.2 Å².